The van der Waals surface area contributed by atoms with Crippen LogP contribution in [-0.4, -0.2) is 5.66 Å². The van der Waals surface area contributed by atoms with Crippen LogP contribution in [0.5, 0.6) is 0 Å². The summed E-state index contributed by atoms with van der Waals surface area (Å²) in [7, 11) is -0.516. The highest BCUT2D eigenvalue weighted by molar-refractivity contribution is 8.04. The number of benzene rings is 3. The summed E-state index contributed by atoms with van der Waals surface area (Å²) in [5.41, 5.74) is 3.23. The largest absolute Gasteiger partial charge is 0.185 e. The molecule has 2 atom stereocenters. The zero-order valence-electron chi connectivity index (χ0n) is 14.5. The third-order valence-electron chi connectivity index (χ3n) is 5.00. The molecule has 0 N–H and O–H groups in total. The first-order chi connectivity index (χ1) is 12.9. The average molecular weight is 373 g/mol. The molecular weight excluding hydrogens is 353 g/mol. The number of nitriles is 1. The van der Waals surface area contributed by atoms with Crippen molar-refractivity contribution in [1.82, 2.24) is 0 Å². The van der Waals surface area contributed by atoms with Gasteiger partial charge in [-0.2, -0.15) is 5.26 Å². The smallest absolute Gasteiger partial charge is 0.134 e. The van der Waals surface area contributed by atoms with E-state index in [0.717, 1.165) is 12.8 Å². The molecule has 4 rings (SSSR count). The Morgan fingerprint density at radius 1 is 0.808 bits per heavy atom. The second kappa shape index (κ2) is 8.09. The van der Waals surface area contributed by atoms with Gasteiger partial charge in [-0.05, 0) is 54.3 Å². The Bertz CT molecular complexity index is 865. The van der Waals surface area contributed by atoms with E-state index in [1.807, 2.05) is 0 Å². The van der Waals surface area contributed by atoms with E-state index in [-0.39, 0.29) is 5.25 Å². The fourth-order valence-electron chi connectivity index (χ4n) is 3.87. The van der Waals surface area contributed by atoms with E-state index >= 15 is 0 Å². The maximum atomic E-state index is 9.50. The van der Waals surface area contributed by atoms with E-state index in [0.29, 0.717) is 5.66 Å². The van der Waals surface area contributed by atoms with Crippen LogP contribution < -0.4 is 10.6 Å². The zero-order chi connectivity index (χ0) is 17.8. The van der Waals surface area contributed by atoms with Crippen LogP contribution in [0.4, 0.5) is 0 Å². The normalized spacial score (nSPS) is 18.9. The summed E-state index contributed by atoms with van der Waals surface area (Å²) in [5.74, 6) is 0. The molecule has 26 heavy (non-hydrogen) atoms. The molecule has 1 aliphatic carbocycles. The van der Waals surface area contributed by atoms with Crippen molar-refractivity contribution in [1.29, 1.82) is 5.26 Å². The van der Waals surface area contributed by atoms with Crippen molar-refractivity contribution in [3.05, 3.63) is 96.1 Å². The molecule has 3 aromatic rings. The van der Waals surface area contributed by atoms with Crippen molar-refractivity contribution in [2.75, 3.05) is 0 Å². The molecule has 0 saturated heterocycles. The SMILES string of the molecule is N#CSC1c2ccccc2CCC1P(c1ccccc1)c1ccccc1. The molecule has 0 bridgehead atoms. The number of hydrogen-bond acceptors (Lipinski definition) is 2. The van der Waals surface area contributed by atoms with E-state index in [1.54, 1.807) is 0 Å². The van der Waals surface area contributed by atoms with Gasteiger partial charge in [0.25, 0.3) is 0 Å². The number of rotatable bonds is 4. The molecule has 0 amide bonds. The van der Waals surface area contributed by atoms with E-state index in [4.69, 9.17) is 0 Å². The molecule has 0 aromatic heterocycles. The molecule has 0 fully saturated rings. The molecule has 0 radical (unpaired) electrons. The highest BCUT2D eigenvalue weighted by Gasteiger charge is 2.36. The van der Waals surface area contributed by atoms with E-state index in [2.05, 4.69) is 90.3 Å². The summed E-state index contributed by atoms with van der Waals surface area (Å²) >= 11 is 1.44. The maximum Gasteiger partial charge on any atom is 0.134 e. The summed E-state index contributed by atoms with van der Waals surface area (Å²) in [5, 5.41) is 14.9. The van der Waals surface area contributed by atoms with Gasteiger partial charge in [-0.15, -0.1) is 0 Å². The van der Waals surface area contributed by atoms with Crippen LogP contribution in [0.2, 0.25) is 0 Å². The van der Waals surface area contributed by atoms with Gasteiger partial charge in [-0.1, -0.05) is 84.9 Å². The van der Waals surface area contributed by atoms with Crippen molar-refractivity contribution in [2.24, 2.45) is 0 Å². The number of nitrogens with zero attached hydrogens (tertiary/aromatic N) is 1. The molecule has 0 aliphatic heterocycles. The Hall–Kier alpha value is -2.07. The van der Waals surface area contributed by atoms with Crippen LogP contribution in [0.25, 0.3) is 0 Å². The van der Waals surface area contributed by atoms with Gasteiger partial charge in [0, 0.05) is 5.66 Å². The molecule has 0 spiro atoms. The molecular formula is C23H20NPS. The first-order valence-electron chi connectivity index (χ1n) is 8.90. The summed E-state index contributed by atoms with van der Waals surface area (Å²) in [4.78, 5) is 0. The Labute approximate surface area is 160 Å². The predicted octanol–water partition coefficient (Wildman–Crippen LogP) is 5.39. The minimum absolute atomic E-state index is 0.233. The molecule has 1 aliphatic rings. The highest BCUT2D eigenvalue weighted by Crippen LogP contribution is 2.54. The minimum Gasteiger partial charge on any atom is -0.185 e. The zero-order valence-corrected chi connectivity index (χ0v) is 16.2. The van der Waals surface area contributed by atoms with E-state index < -0.39 is 7.92 Å². The molecule has 0 saturated carbocycles. The third kappa shape index (κ3) is 3.43. The second-order valence-corrected chi connectivity index (χ2v) is 9.84. The average Bonchev–Trinajstić information content (AvgIpc) is 2.71. The van der Waals surface area contributed by atoms with Crippen molar-refractivity contribution in [2.45, 2.75) is 23.8 Å². The Morgan fingerprint density at radius 2 is 1.38 bits per heavy atom. The first-order valence-corrected chi connectivity index (χ1v) is 11.2. The van der Waals surface area contributed by atoms with Crippen LogP contribution in [0.1, 0.15) is 22.8 Å². The Kier molecular flexibility index (Phi) is 5.40. The lowest BCUT2D eigenvalue weighted by atomic mass is 9.91. The van der Waals surface area contributed by atoms with Gasteiger partial charge in [0.05, 0.1) is 5.25 Å². The van der Waals surface area contributed by atoms with Crippen LogP contribution in [-0.2, 0) is 6.42 Å². The van der Waals surface area contributed by atoms with Crippen LogP contribution in [0, 0.1) is 10.7 Å². The predicted molar refractivity (Wildman–Crippen MR) is 114 cm³/mol. The number of aryl methyl sites for hydroxylation is 1. The van der Waals surface area contributed by atoms with Gasteiger partial charge in [0.15, 0.2) is 0 Å². The summed E-state index contributed by atoms with van der Waals surface area (Å²) in [6.07, 6.45) is 2.23. The molecule has 3 aromatic carbocycles. The van der Waals surface area contributed by atoms with E-state index in [1.165, 1.54) is 33.5 Å². The van der Waals surface area contributed by atoms with Gasteiger partial charge in [0.2, 0.25) is 0 Å². The van der Waals surface area contributed by atoms with Gasteiger partial charge in [-0.3, -0.25) is 0 Å². The van der Waals surface area contributed by atoms with Crippen LogP contribution >= 0.6 is 19.7 Å². The Balaban J connectivity index is 1.82. The molecule has 3 heteroatoms. The highest BCUT2D eigenvalue weighted by atomic mass is 32.2. The molecule has 128 valence electrons. The third-order valence-corrected chi connectivity index (χ3v) is 9.07. The summed E-state index contributed by atoms with van der Waals surface area (Å²) in [6.45, 7) is 0. The lowest BCUT2D eigenvalue weighted by Crippen LogP contribution is -2.29. The van der Waals surface area contributed by atoms with Crippen molar-refractivity contribution >= 4 is 30.3 Å². The molecule has 1 nitrogen and oxygen atoms in total. The summed E-state index contributed by atoms with van der Waals surface area (Å²) in [6, 6.07) is 30.4. The van der Waals surface area contributed by atoms with E-state index in [9.17, 15) is 5.26 Å². The van der Waals surface area contributed by atoms with Crippen molar-refractivity contribution < 1.29 is 0 Å². The number of fused-ring (bicyclic) bond motifs is 1. The van der Waals surface area contributed by atoms with Gasteiger partial charge < -0.3 is 0 Å². The lowest BCUT2D eigenvalue weighted by molar-refractivity contribution is 0.687. The lowest BCUT2D eigenvalue weighted by Gasteiger charge is -2.37. The number of thioether (sulfide) groups is 1. The Morgan fingerprint density at radius 3 is 2.00 bits per heavy atom. The first kappa shape index (κ1) is 17.3. The monoisotopic (exact) mass is 373 g/mol. The number of hydrogen-bond donors (Lipinski definition) is 0. The number of thiocyanates is 1. The fourth-order valence-corrected chi connectivity index (χ4v) is 8.05. The van der Waals surface area contributed by atoms with Gasteiger partial charge in [-0.25, -0.2) is 0 Å². The second-order valence-electron chi connectivity index (χ2n) is 6.48. The minimum atomic E-state index is -0.516. The standard InChI is InChI=1S/C23H20NPS/c24-17-26-23-21-14-8-7-9-18(21)15-16-22(23)25(19-10-3-1-4-11-19)20-12-5-2-6-13-20/h1-14,22-23H,15-16H2. The molecule has 2 unspecified atom stereocenters. The topological polar surface area (TPSA) is 23.8 Å². The van der Waals surface area contributed by atoms with Crippen molar-refractivity contribution in [3.8, 4) is 5.40 Å². The van der Waals surface area contributed by atoms with Crippen LogP contribution in [0.15, 0.2) is 84.9 Å². The summed E-state index contributed by atoms with van der Waals surface area (Å²) < 4.78 is 0. The quantitative estimate of drug-likeness (QED) is 0.452. The maximum absolute atomic E-state index is 9.50. The van der Waals surface area contributed by atoms with Gasteiger partial charge in [0.1, 0.15) is 5.40 Å². The fraction of sp³-hybridized carbons (Fsp3) is 0.174. The van der Waals surface area contributed by atoms with Crippen LogP contribution in [0.3, 0.4) is 0 Å². The van der Waals surface area contributed by atoms with Gasteiger partial charge >= 0.3 is 0 Å². The van der Waals surface area contributed by atoms with Crippen molar-refractivity contribution in [3.63, 3.8) is 0 Å². The molecule has 0 heterocycles.